The molecule has 0 N–H and O–H groups in total. The minimum atomic E-state index is -2.46. The van der Waals surface area contributed by atoms with Gasteiger partial charge in [0, 0.05) is 12.7 Å². The number of hydrogen-bond donors (Lipinski definition) is 0. The van der Waals surface area contributed by atoms with Crippen molar-refractivity contribution < 1.29 is 9.16 Å². The van der Waals surface area contributed by atoms with Crippen molar-refractivity contribution >= 4 is 18.7 Å². The van der Waals surface area contributed by atoms with Crippen LogP contribution in [0.5, 0.6) is 0 Å². The monoisotopic (exact) mass is 446 g/mol. The van der Waals surface area contributed by atoms with Crippen LogP contribution in [0.1, 0.15) is 52.5 Å². The van der Waals surface area contributed by atoms with E-state index in [2.05, 4.69) is 113 Å². The van der Waals surface area contributed by atoms with Gasteiger partial charge in [-0.25, -0.2) is 0 Å². The molecule has 0 spiro atoms. The van der Waals surface area contributed by atoms with Gasteiger partial charge in [0.15, 0.2) is 0 Å². The average Bonchev–Trinajstić information content (AvgIpc) is 2.81. The summed E-state index contributed by atoms with van der Waals surface area (Å²) in [5.41, 5.74) is 1.23. The first-order chi connectivity index (χ1) is 15.4. The van der Waals surface area contributed by atoms with Crippen LogP contribution in [0.25, 0.3) is 0 Å². The van der Waals surface area contributed by atoms with Crippen LogP contribution in [-0.2, 0) is 15.8 Å². The lowest BCUT2D eigenvalue weighted by Gasteiger charge is -2.44. The molecule has 0 aromatic heterocycles. The number of rotatable bonds is 11. The lowest BCUT2D eigenvalue weighted by molar-refractivity contribution is 0.112. The number of ether oxygens (including phenoxy) is 1. The molecule has 0 saturated heterocycles. The van der Waals surface area contributed by atoms with Crippen molar-refractivity contribution in [1.29, 1.82) is 0 Å². The zero-order chi connectivity index (χ0) is 22.9. The molecule has 3 heteroatoms. The van der Waals surface area contributed by atoms with Crippen molar-refractivity contribution in [1.82, 2.24) is 0 Å². The Morgan fingerprint density at radius 1 is 0.719 bits per heavy atom. The van der Waals surface area contributed by atoms with Gasteiger partial charge in [0.25, 0.3) is 8.32 Å². The van der Waals surface area contributed by atoms with E-state index in [0.717, 1.165) is 25.9 Å². The lowest BCUT2D eigenvalue weighted by atomic mass is 10.2. The van der Waals surface area contributed by atoms with Gasteiger partial charge >= 0.3 is 0 Å². The zero-order valence-electron chi connectivity index (χ0n) is 20.1. The molecule has 0 amide bonds. The molecule has 0 bridgehead atoms. The number of hydrogen-bond acceptors (Lipinski definition) is 2. The fourth-order valence-electron chi connectivity index (χ4n) is 4.45. The smallest absolute Gasteiger partial charge is 0.261 e. The second kappa shape index (κ2) is 11.6. The molecule has 0 heterocycles. The highest BCUT2D eigenvalue weighted by Gasteiger charge is 2.50. The standard InChI is InChI=1S/C29H38O2Si/c1-25(16-14-15-23-30-24-26-17-8-5-9-18-26)31-32(29(2,3)4,27-19-10-6-11-20-27)28-21-12-7-13-22-28/h5-13,17-22,25H,14-16,23-24H2,1-4H3/t25-/m1/s1. The van der Waals surface area contributed by atoms with Crippen molar-refractivity contribution in [2.24, 2.45) is 0 Å². The van der Waals surface area contributed by atoms with E-state index in [1.807, 2.05) is 6.07 Å². The molecule has 0 aliphatic rings. The lowest BCUT2D eigenvalue weighted by Crippen LogP contribution is -2.67. The second-order valence-electron chi connectivity index (χ2n) is 9.63. The van der Waals surface area contributed by atoms with Crippen LogP contribution in [0, 0.1) is 0 Å². The Balaban J connectivity index is 1.64. The quantitative estimate of drug-likeness (QED) is 0.253. The molecule has 32 heavy (non-hydrogen) atoms. The summed E-state index contributed by atoms with van der Waals surface area (Å²) in [4.78, 5) is 0. The maximum absolute atomic E-state index is 7.15. The van der Waals surface area contributed by atoms with E-state index in [0.29, 0.717) is 6.61 Å². The summed E-state index contributed by atoms with van der Waals surface area (Å²) >= 11 is 0. The molecule has 0 unspecified atom stereocenters. The minimum absolute atomic E-state index is 0.0166. The van der Waals surface area contributed by atoms with Crippen molar-refractivity contribution in [3.8, 4) is 0 Å². The normalized spacial score (nSPS) is 13.1. The molecule has 0 fully saturated rings. The molecule has 0 aliphatic carbocycles. The summed E-state index contributed by atoms with van der Waals surface area (Å²) in [6, 6.07) is 32.2. The SMILES string of the molecule is C[C@H](CCCCOCc1ccccc1)O[Si](c1ccccc1)(c1ccccc1)C(C)(C)C. The molecular formula is C29H38O2Si. The van der Waals surface area contributed by atoms with E-state index in [1.165, 1.54) is 15.9 Å². The third kappa shape index (κ3) is 6.19. The van der Waals surface area contributed by atoms with E-state index in [9.17, 15) is 0 Å². The minimum Gasteiger partial charge on any atom is -0.405 e. The van der Waals surface area contributed by atoms with E-state index in [1.54, 1.807) is 0 Å². The summed E-state index contributed by atoms with van der Waals surface area (Å²) in [7, 11) is -2.46. The van der Waals surface area contributed by atoms with Gasteiger partial charge < -0.3 is 9.16 Å². The molecule has 170 valence electrons. The molecule has 1 atom stereocenters. The number of unbranched alkanes of at least 4 members (excludes halogenated alkanes) is 1. The summed E-state index contributed by atoms with van der Waals surface area (Å²) in [5, 5.41) is 2.71. The highest BCUT2D eigenvalue weighted by Crippen LogP contribution is 2.37. The van der Waals surface area contributed by atoms with Crippen LogP contribution >= 0.6 is 0 Å². The van der Waals surface area contributed by atoms with Gasteiger partial charge in [0.1, 0.15) is 0 Å². The van der Waals surface area contributed by atoms with Gasteiger partial charge in [-0.15, -0.1) is 0 Å². The van der Waals surface area contributed by atoms with Gasteiger partial charge in [0.2, 0.25) is 0 Å². The molecule has 2 nitrogen and oxygen atoms in total. The fourth-order valence-corrected chi connectivity index (χ4v) is 9.19. The topological polar surface area (TPSA) is 18.5 Å². The number of benzene rings is 3. The maximum atomic E-state index is 7.15. The molecule has 3 rings (SSSR count). The Morgan fingerprint density at radius 2 is 1.22 bits per heavy atom. The Labute approximate surface area is 195 Å². The van der Waals surface area contributed by atoms with E-state index < -0.39 is 8.32 Å². The van der Waals surface area contributed by atoms with Crippen LogP contribution in [0.4, 0.5) is 0 Å². The van der Waals surface area contributed by atoms with Crippen LogP contribution < -0.4 is 10.4 Å². The summed E-state index contributed by atoms with van der Waals surface area (Å²) in [6.45, 7) is 10.7. The van der Waals surface area contributed by atoms with Crippen molar-refractivity contribution in [3.63, 3.8) is 0 Å². The fraction of sp³-hybridized carbons (Fsp3) is 0.379. The first-order valence-electron chi connectivity index (χ1n) is 11.8. The largest absolute Gasteiger partial charge is 0.405 e. The Kier molecular flexibility index (Phi) is 8.86. The van der Waals surface area contributed by atoms with Crippen molar-refractivity contribution in [2.75, 3.05) is 6.61 Å². The van der Waals surface area contributed by atoms with E-state index in [4.69, 9.17) is 9.16 Å². The Morgan fingerprint density at radius 3 is 1.72 bits per heavy atom. The van der Waals surface area contributed by atoms with Crippen molar-refractivity contribution in [3.05, 3.63) is 96.6 Å². The summed E-state index contributed by atoms with van der Waals surface area (Å²) in [5.74, 6) is 0. The first-order valence-corrected chi connectivity index (χ1v) is 13.7. The van der Waals surface area contributed by atoms with E-state index >= 15 is 0 Å². The van der Waals surface area contributed by atoms with Gasteiger partial charge in [-0.3, -0.25) is 0 Å². The van der Waals surface area contributed by atoms with E-state index in [-0.39, 0.29) is 11.1 Å². The van der Waals surface area contributed by atoms with Crippen molar-refractivity contribution in [2.45, 2.75) is 64.7 Å². The molecular weight excluding hydrogens is 408 g/mol. The summed E-state index contributed by atoms with van der Waals surface area (Å²) in [6.07, 6.45) is 3.39. The van der Waals surface area contributed by atoms with Gasteiger partial charge in [0.05, 0.1) is 6.61 Å². The molecule has 3 aromatic rings. The first kappa shape index (κ1) is 24.4. The Bertz CT molecular complexity index is 865. The van der Waals surface area contributed by atoms with Gasteiger partial charge in [-0.1, -0.05) is 112 Å². The van der Waals surface area contributed by atoms with Crippen LogP contribution in [-0.4, -0.2) is 21.0 Å². The van der Waals surface area contributed by atoms with Gasteiger partial charge in [-0.05, 0) is 47.2 Å². The highest BCUT2D eigenvalue weighted by molar-refractivity contribution is 6.99. The molecule has 0 aliphatic heterocycles. The van der Waals surface area contributed by atoms with Crippen LogP contribution in [0.15, 0.2) is 91.0 Å². The van der Waals surface area contributed by atoms with Crippen LogP contribution in [0.2, 0.25) is 5.04 Å². The average molecular weight is 447 g/mol. The van der Waals surface area contributed by atoms with Gasteiger partial charge in [-0.2, -0.15) is 0 Å². The third-order valence-electron chi connectivity index (χ3n) is 6.06. The zero-order valence-corrected chi connectivity index (χ0v) is 21.1. The molecule has 0 radical (unpaired) electrons. The maximum Gasteiger partial charge on any atom is 0.261 e. The predicted octanol–water partition coefficient (Wildman–Crippen LogP) is 6.34. The molecule has 3 aromatic carbocycles. The third-order valence-corrected chi connectivity index (χ3v) is 11.2. The van der Waals surface area contributed by atoms with Crippen LogP contribution in [0.3, 0.4) is 0 Å². The highest BCUT2D eigenvalue weighted by atomic mass is 28.4. The Hall–Kier alpha value is -2.20. The second-order valence-corrected chi connectivity index (χ2v) is 13.9. The summed E-state index contributed by atoms with van der Waals surface area (Å²) < 4.78 is 13.0. The predicted molar refractivity (Wildman–Crippen MR) is 138 cm³/mol. The molecule has 0 saturated carbocycles.